The van der Waals surface area contributed by atoms with Crippen LogP contribution in [0.2, 0.25) is 0 Å². The van der Waals surface area contributed by atoms with E-state index in [1.165, 1.54) is 16.1 Å². The van der Waals surface area contributed by atoms with E-state index in [1.807, 2.05) is 31.2 Å². The van der Waals surface area contributed by atoms with E-state index in [2.05, 4.69) is 26.7 Å². The van der Waals surface area contributed by atoms with Gasteiger partial charge < -0.3 is 4.57 Å². The molecule has 1 fully saturated rings. The standard InChI is InChI=1S/C22H21N5O2S/c1-16-6-8-17(9-7-16)21-25-20-5-3-12-24-22(20)27(21)18-10-13-26(15-18)30(28,29)19-4-2-11-23-14-19/h2-9,11-12,14,18H,10,13,15H2,1H3/t18-/m0/s1. The Bertz CT molecular complexity index is 1300. The van der Waals surface area contributed by atoms with Gasteiger partial charge in [-0.2, -0.15) is 4.31 Å². The highest BCUT2D eigenvalue weighted by molar-refractivity contribution is 7.89. The molecule has 0 bridgehead atoms. The van der Waals surface area contributed by atoms with E-state index in [9.17, 15) is 8.42 Å². The average molecular weight is 420 g/mol. The summed E-state index contributed by atoms with van der Waals surface area (Å²) in [6.07, 6.45) is 5.41. The van der Waals surface area contributed by atoms with Crippen molar-refractivity contribution in [2.24, 2.45) is 0 Å². The first-order valence-electron chi connectivity index (χ1n) is 9.84. The van der Waals surface area contributed by atoms with Gasteiger partial charge in [0, 0.05) is 37.2 Å². The molecule has 1 aromatic carbocycles. The van der Waals surface area contributed by atoms with E-state index >= 15 is 0 Å². The summed E-state index contributed by atoms with van der Waals surface area (Å²) in [6.45, 7) is 2.87. The van der Waals surface area contributed by atoms with Crippen molar-refractivity contribution in [2.45, 2.75) is 24.3 Å². The highest BCUT2D eigenvalue weighted by Crippen LogP contribution is 2.34. The molecule has 0 saturated carbocycles. The number of hydrogen-bond donors (Lipinski definition) is 0. The van der Waals surface area contributed by atoms with Gasteiger partial charge in [0.15, 0.2) is 5.65 Å². The summed E-state index contributed by atoms with van der Waals surface area (Å²) in [5.74, 6) is 0.814. The first kappa shape index (κ1) is 18.9. The summed E-state index contributed by atoms with van der Waals surface area (Å²) in [5.41, 5.74) is 3.75. The van der Waals surface area contributed by atoms with Crippen LogP contribution in [-0.2, 0) is 10.0 Å². The number of benzene rings is 1. The molecule has 1 aliphatic rings. The zero-order valence-electron chi connectivity index (χ0n) is 16.5. The fourth-order valence-corrected chi connectivity index (χ4v) is 5.43. The van der Waals surface area contributed by atoms with Gasteiger partial charge in [0.05, 0.1) is 6.04 Å². The van der Waals surface area contributed by atoms with Gasteiger partial charge in [0.1, 0.15) is 16.2 Å². The maximum Gasteiger partial charge on any atom is 0.244 e. The molecule has 152 valence electrons. The van der Waals surface area contributed by atoms with Gasteiger partial charge in [0.2, 0.25) is 10.0 Å². The van der Waals surface area contributed by atoms with Gasteiger partial charge in [-0.15, -0.1) is 0 Å². The fourth-order valence-electron chi connectivity index (χ4n) is 3.97. The van der Waals surface area contributed by atoms with Gasteiger partial charge in [-0.1, -0.05) is 29.8 Å². The fraction of sp³-hybridized carbons (Fsp3) is 0.227. The van der Waals surface area contributed by atoms with Crippen LogP contribution in [0.15, 0.2) is 72.0 Å². The molecule has 30 heavy (non-hydrogen) atoms. The number of imidazole rings is 1. The molecular weight excluding hydrogens is 398 g/mol. The van der Waals surface area contributed by atoms with Crippen LogP contribution in [0.1, 0.15) is 18.0 Å². The summed E-state index contributed by atoms with van der Waals surface area (Å²) in [7, 11) is -3.58. The molecule has 4 heterocycles. The van der Waals surface area contributed by atoms with Crippen LogP contribution >= 0.6 is 0 Å². The summed E-state index contributed by atoms with van der Waals surface area (Å²) in [5, 5.41) is 0. The van der Waals surface area contributed by atoms with Crippen LogP contribution in [0.4, 0.5) is 0 Å². The van der Waals surface area contributed by atoms with E-state index in [0.29, 0.717) is 19.5 Å². The highest BCUT2D eigenvalue weighted by atomic mass is 32.2. The second-order valence-electron chi connectivity index (χ2n) is 7.51. The largest absolute Gasteiger partial charge is 0.304 e. The number of nitrogens with zero attached hydrogens (tertiary/aromatic N) is 5. The molecule has 8 heteroatoms. The molecule has 4 aromatic rings. The summed E-state index contributed by atoms with van der Waals surface area (Å²) >= 11 is 0. The van der Waals surface area contributed by atoms with E-state index < -0.39 is 10.0 Å². The number of sulfonamides is 1. The summed E-state index contributed by atoms with van der Waals surface area (Å²) in [4.78, 5) is 13.6. The third kappa shape index (κ3) is 3.18. The van der Waals surface area contributed by atoms with Gasteiger partial charge in [0.25, 0.3) is 0 Å². The lowest BCUT2D eigenvalue weighted by Gasteiger charge is -2.18. The normalized spacial score (nSPS) is 17.6. The highest BCUT2D eigenvalue weighted by Gasteiger charge is 2.35. The molecule has 1 atom stereocenters. The third-order valence-electron chi connectivity index (χ3n) is 5.52. The zero-order chi connectivity index (χ0) is 20.7. The molecular formula is C22H21N5O2S. The Kier molecular flexibility index (Phi) is 4.60. The Morgan fingerprint density at radius 3 is 2.60 bits per heavy atom. The predicted molar refractivity (Wildman–Crippen MR) is 114 cm³/mol. The van der Waals surface area contributed by atoms with Crippen LogP contribution in [-0.4, -0.2) is 45.3 Å². The van der Waals surface area contributed by atoms with Crippen molar-refractivity contribution < 1.29 is 8.42 Å². The van der Waals surface area contributed by atoms with Gasteiger partial charge >= 0.3 is 0 Å². The van der Waals surface area contributed by atoms with E-state index in [0.717, 1.165) is 22.6 Å². The Morgan fingerprint density at radius 2 is 1.83 bits per heavy atom. The quantitative estimate of drug-likeness (QED) is 0.506. The second-order valence-corrected chi connectivity index (χ2v) is 9.45. The van der Waals surface area contributed by atoms with Crippen molar-refractivity contribution >= 4 is 21.2 Å². The minimum atomic E-state index is -3.58. The van der Waals surface area contributed by atoms with Gasteiger partial charge in [-0.25, -0.2) is 18.4 Å². The van der Waals surface area contributed by atoms with E-state index in [-0.39, 0.29) is 10.9 Å². The van der Waals surface area contributed by atoms with Gasteiger partial charge in [-0.3, -0.25) is 4.98 Å². The third-order valence-corrected chi connectivity index (χ3v) is 7.37. The SMILES string of the molecule is Cc1ccc(-c2nc3cccnc3n2[C@H]2CCN(S(=O)(=O)c3cccnc3)C2)cc1. The topological polar surface area (TPSA) is 81.0 Å². The number of pyridine rings is 2. The molecule has 0 N–H and O–H groups in total. The lowest BCUT2D eigenvalue weighted by molar-refractivity contribution is 0.455. The molecule has 0 amide bonds. The van der Waals surface area contributed by atoms with Crippen molar-refractivity contribution in [3.8, 4) is 11.4 Å². The monoisotopic (exact) mass is 419 g/mol. The lowest BCUT2D eigenvalue weighted by atomic mass is 10.1. The first-order valence-corrected chi connectivity index (χ1v) is 11.3. The van der Waals surface area contributed by atoms with Crippen molar-refractivity contribution in [1.82, 2.24) is 23.8 Å². The van der Waals surface area contributed by atoms with E-state index in [4.69, 9.17) is 4.98 Å². The molecule has 7 nitrogen and oxygen atoms in total. The lowest BCUT2D eigenvalue weighted by Crippen LogP contribution is -2.29. The molecule has 3 aromatic heterocycles. The van der Waals surface area contributed by atoms with Crippen LogP contribution in [0, 0.1) is 6.92 Å². The number of hydrogen-bond acceptors (Lipinski definition) is 5. The Balaban J connectivity index is 1.55. The van der Waals surface area contributed by atoms with E-state index in [1.54, 1.807) is 24.5 Å². The zero-order valence-corrected chi connectivity index (χ0v) is 17.3. The molecule has 0 radical (unpaired) electrons. The molecule has 1 aliphatic heterocycles. The van der Waals surface area contributed by atoms with Crippen molar-refractivity contribution in [3.05, 3.63) is 72.7 Å². The minimum Gasteiger partial charge on any atom is -0.304 e. The van der Waals surface area contributed by atoms with Crippen LogP contribution in [0.3, 0.4) is 0 Å². The molecule has 0 spiro atoms. The number of aryl methyl sites for hydroxylation is 1. The molecule has 5 rings (SSSR count). The van der Waals surface area contributed by atoms with Crippen molar-refractivity contribution in [3.63, 3.8) is 0 Å². The maximum absolute atomic E-state index is 13.1. The van der Waals surface area contributed by atoms with Crippen LogP contribution in [0.5, 0.6) is 0 Å². The average Bonchev–Trinajstić information content (AvgIpc) is 3.40. The van der Waals surface area contributed by atoms with Crippen LogP contribution in [0.25, 0.3) is 22.6 Å². The number of fused-ring (bicyclic) bond motifs is 1. The molecule has 0 aliphatic carbocycles. The Morgan fingerprint density at radius 1 is 1.03 bits per heavy atom. The minimum absolute atomic E-state index is 0.0485. The number of rotatable bonds is 4. The summed E-state index contributed by atoms with van der Waals surface area (Å²) in [6, 6.07) is 15.2. The molecule has 0 unspecified atom stereocenters. The van der Waals surface area contributed by atoms with Crippen molar-refractivity contribution in [1.29, 1.82) is 0 Å². The van der Waals surface area contributed by atoms with Crippen LogP contribution < -0.4 is 0 Å². The first-order chi connectivity index (χ1) is 14.5. The van der Waals surface area contributed by atoms with Gasteiger partial charge in [-0.05, 0) is 37.6 Å². The predicted octanol–water partition coefficient (Wildman–Crippen LogP) is 3.44. The smallest absolute Gasteiger partial charge is 0.244 e. The Labute approximate surface area is 175 Å². The molecule has 1 saturated heterocycles. The Hall–Kier alpha value is -3.10. The number of aromatic nitrogens is 4. The van der Waals surface area contributed by atoms with Crippen molar-refractivity contribution in [2.75, 3.05) is 13.1 Å². The summed E-state index contributed by atoms with van der Waals surface area (Å²) < 4.78 is 29.7. The second kappa shape index (κ2) is 7.30. The maximum atomic E-state index is 13.1.